The highest BCUT2D eigenvalue weighted by molar-refractivity contribution is 5.89. The molecule has 0 heterocycles. The average molecular weight is 276 g/mol. The predicted molar refractivity (Wildman–Crippen MR) is 76.7 cm³/mol. The number of rotatable bonds is 6. The molecule has 1 aromatic rings. The second-order valence-electron chi connectivity index (χ2n) is 5.26. The van der Waals surface area contributed by atoms with Crippen LogP contribution in [0.25, 0.3) is 0 Å². The van der Waals surface area contributed by atoms with Crippen LogP contribution in [0.3, 0.4) is 0 Å². The van der Waals surface area contributed by atoms with E-state index in [1.165, 1.54) is 0 Å². The van der Waals surface area contributed by atoms with E-state index in [1.54, 1.807) is 24.3 Å². The maximum Gasteiger partial charge on any atom is 0.319 e. The molecular formula is C15H20N2O3. The quantitative estimate of drug-likeness (QED) is 0.747. The SMILES string of the molecule is CCCC1CC1NC(=O)Nc1cccc(CC(=O)O)c1. The fourth-order valence-corrected chi connectivity index (χ4v) is 2.38. The van der Waals surface area contributed by atoms with Crippen LogP contribution in [-0.4, -0.2) is 23.1 Å². The Hall–Kier alpha value is -2.04. The molecule has 2 amide bonds. The first kappa shape index (κ1) is 14.4. The summed E-state index contributed by atoms with van der Waals surface area (Å²) in [5, 5.41) is 14.4. The minimum atomic E-state index is -0.882. The van der Waals surface area contributed by atoms with Gasteiger partial charge < -0.3 is 15.7 Å². The van der Waals surface area contributed by atoms with Gasteiger partial charge in [0, 0.05) is 11.7 Å². The van der Waals surface area contributed by atoms with E-state index >= 15 is 0 Å². The molecule has 0 bridgehead atoms. The van der Waals surface area contributed by atoms with Gasteiger partial charge in [0.2, 0.25) is 0 Å². The van der Waals surface area contributed by atoms with E-state index in [9.17, 15) is 9.59 Å². The number of aliphatic carboxylic acids is 1. The van der Waals surface area contributed by atoms with E-state index < -0.39 is 5.97 Å². The van der Waals surface area contributed by atoms with Gasteiger partial charge in [-0.25, -0.2) is 4.79 Å². The summed E-state index contributed by atoms with van der Waals surface area (Å²) in [5.41, 5.74) is 1.29. The molecule has 1 fully saturated rings. The summed E-state index contributed by atoms with van der Waals surface area (Å²) < 4.78 is 0. The molecule has 1 aliphatic carbocycles. The van der Waals surface area contributed by atoms with Crippen molar-refractivity contribution >= 4 is 17.7 Å². The molecule has 2 atom stereocenters. The van der Waals surface area contributed by atoms with Gasteiger partial charge in [0.25, 0.3) is 0 Å². The fourth-order valence-electron chi connectivity index (χ4n) is 2.38. The van der Waals surface area contributed by atoms with Crippen LogP contribution in [0.1, 0.15) is 31.7 Å². The topological polar surface area (TPSA) is 78.4 Å². The van der Waals surface area contributed by atoms with Gasteiger partial charge in [-0.3, -0.25) is 4.79 Å². The number of carbonyl (C=O) groups is 2. The van der Waals surface area contributed by atoms with Crippen molar-refractivity contribution in [3.05, 3.63) is 29.8 Å². The fraction of sp³-hybridized carbons (Fsp3) is 0.467. The molecule has 108 valence electrons. The number of nitrogens with one attached hydrogen (secondary N) is 2. The molecule has 20 heavy (non-hydrogen) atoms. The molecule has 1 aromatic carbocycles. The van der Waals surface area contributed by atoms with Crippen LogP contribution in [-0.2, 0) is 11.2 Å². The zero-order valence-corrected chi connectivity index (χ0v) is 11.6. The van der Waals surface area contributed by atoms with Crippen molar-refractivity contribution in [2.75, 3.05) is 5.32 Å². The zero-order chi connectivity index (χ0) is 14.5. The monoisotopic (exact) mass is 276 g/mol. The van der Waals surface area contributed by atoms with E-state index in [2.05, 4.69) is 17.6 Å². The highest BCUT2D eigenvalue weighted by Crippen LogP contribution is 2.34. The van der Waals surface area contributed by atoms with Crippen LogP contribution in [0.5, 0.6) is 0 Å². The number of carboxylic acids is 1. The number of carboxylic acid groups (broad SMARTS) is 1. The van der Waals surface area contributed by atoms with Crippen LogP contribution in [0.2, 0.25) is 0 Å². The number of carbonyl (C=O) groups excluding carboxylic acids is 1. The van der Waals surface area contributed by atoms with Gasteiger partial charge in [0.05, 0.1) is 6.42 Å². The van der Waals surface area contributed by atoms with Crippen molar-refractivity contribution in [2.24, 2.45) is 5.92 Å². The van der Waals surface area contributed by atoms with E-state index in [1.807, 2.05) is 0 Å². The zero-order valence-electron chi connectivity index (χ0n) is 11.6. The Morgan fingerprint density at radius 2 is 2.20 bits per heavy atom. The molecule has 1 saturated carbocycles. The molecule has 0 spiro atoms. The predicted octanol–water partition coefficient (Wildman–Crippen LogP) is 2.62. The molecule has 5 nitrogen and oxygen atoms in total. The van der Waals surface area contributed by atoms with Crippen LogP contribution < -0.4 is 10.6 Å². The minimum Gasteiger partial charge on any atom is -0.481 e. The molecule has 0 aromatic heterocycles. The third kappa shape index (κ3) is 4.26. The second kappa shape index (κ2) is 6.41. The molecule has 2 rings (SSSR count). The minimum absolute atomic E-state index is 0.0433. The van der Waals surface area contributed by atoms with Crippen LogP contribution >= 0.6 is 0 Å². The lowest BCUT2D eigenvalue weighted by Gasteiger charge is -2.08. The highest BCUT2D eigenvalue weighted by Gasteiger charge is 2.37. The number of anilines is 1. The average Bonchev–Trinajstić information content (AvgIpc) is 3.06. The molecule has 0 aliphatic heterocycles. The number of benzene rings is 1. The van der Waals surface area contributed by atoms with Gasteiger partial charge >= 0.3 is 12.0 Å². The van der Waals surface area contributed by atoms with E-state index in [0.717, 1.165) is 19.3 Å². The Bertz CT molecular complexity index is 502. The summed E-state index contributed by atoms with van der Waals surface area (Å²) in [6, 6.07) is 6.98. The Morgan fingerprint density at radius 3 is 2.90 bits per heavy atom. The van der Waals surface area contributed by atoms with Gasteiger partial charge in [-0.05, 0) is 36.5 Å². The first-order chi connectivity index (χ1) is 9.58. The molecule has 5 heteroatoms. The number of amides is 2. The smallest absolute Gasteiger partial charge is 0.319 e. The largest absolute Gasteiger partial charge is 0.481 e. The van der Waals surface area contributed by atoms with Crippen molar-refractivity contribution in [3.8, 4) is 0 Å². The van der Waals surface area contributed by atoms with Gasteiger partial charge in [-0.15, -0.1) is 0 Å². The van der Waals surface area contributed by atoms with Crippen molar-refractivity contribution in [1.29, 1.82) is 0 Å². The lowest BCUT2D eigenvalue weighted by atomic mass is 10.1. The maximum absolute atomic E-state index is 11.8. The van der Waals surface area contributed by atoms with Crippen LogP contribution in [0.15, 0.2) is 24.3 Å². The number of urea groups is 1. The number of hydrogen-bond donors (Lipinski definition) is 3. The summed E-state index contributed by atoms with van der Waals surface area (Å²) in [7, 11) is 0. The van der Waals surface area contributed by atoms with E-state index in [4.69, 9.17) is 5.11 Å². The lowest BCUT2D eigenvalue weighted by molar-refractivity contribution is -0.136. The van der Waals surface area contributed by atoms with Gasteiger partial charge in [0.15, 0.2) is 0 Å². The van der Waals surface area contributed by atoms with Gasteiger partial charge in [0.1, 0.15) is 0 Å². The Balaban J connectivity index is 1.83. The Kier molecular flexibility index (Phi) is 4.61. The Morgan fingerprint density at radius 1 is 1.40 bits per heavy atom. The van der Waals surface area contributed by atoms with Crippen molar-refractivity contribution in [2.45, 2.75) is 38.6 Å². The first-order valence-corrected chi connectivity index (χ1v) is 6.96. The lowest BCUT2D eigenvalue weighted by Crippen LogP contribution is -2.31. The summed E-state index contributed by atoms with van der Waals surface area (Å²) in [6.07, 6.45) is 3.30. The normalized spacial score (nSPS) is 20.2. The second-order valence-corrected chi connectivity index (χ2v) is 5.26. The first-order valence-electron chi connectivity index (χ1n) is 6.96. The maximum atomic E-state index is 11.8. The van der Waals surface area contributed by atoms with Gasteiger partial charge in [-0.2, -0.15) is 0 Å². The number of hydrogen-bond acceptors (Lipinski definition) is 2. The van der Waals surface area contributed by atoms with Crippen LogP contribution in [0.4, 0.5) is 10.5 Å². The summed E-state index contributed by atoms with van der Waals surface area (Å²) in [4.78, 5) is 22.5. The van der Waals surface area contributed by atoms with Gasteiger partial charge in [-0.1, -0.05) is 25.5 Å². The third-order valence-corrected chi connectivity index (χ3v) is 3.44. The summed E-state index contributed by atoms with van der Waals surface area (Å²) >= 11 is 0. The molecular weight excluding hydrogens is 256 g/mol. The van der Waals surface area contributed by atoms with Crippen molar-refractivity contribution in [1.82, 2.24) is 5.32 Å². The molecule has 1 aliphatic rings. The molecule has 2 unspecified atom stereocenters. The standard InChI is InChI=1S/C15H20N2O3/c1-2-4-11-9-13(11)17-15(20)16-12-6-3-5-10(7-12)8-14(18)19/h3,5-7,11,13H,2,4,8-9H2,1H3,(H,18,19)(H2,16,17,20). The van der Waals surface area contributed by atoms with E-state index in [-0.39, 0.29) is 18.5 Å². The highest BCUT2D eigenvalue weighted by atomic mass is 16.4. The van der Waals surface area contributed by atoms with E-state index in [0.29, 0.717) is 17.2 Å². The molecule has 0 radical (unpaired) electrons. The molecule has 0 saturated heterocycles. The van der Waals surface area contributed by atoms with Crippen molar-refractivity contribution < 1.29 is 14.7 Å². The van der Waals surface area contributed by atoms with Crippen molar-refractivity contribution in [3.63, 3.8) is 0 Å². The third-order valence-electron chi connectivity index (χ3n) is 3.44. The summed E-state index contributed by atoms with van der Waals surface area (Å²) in [6.45, 7) is 2.14. The summed E-state index contributed by atoms with van der Waals surface area (Å²) in [5.74, 6) is -0.268. The Labute approximate surface area is 118 Å². The molecule has 3 N–H and O–H groups in total. The van der Waals surface area contributed by atoms with Crippen LogP contribution in [0, 0.1) is 5.92 Å².